The van der Waals surface area contributed by atoms with E-state index in [1.165, 1.54) is 0 Å². The van der Waals surface area contributed by atoms with Crippen LogP contribution in [-0.4, -0.2) is 36.3 Å². The Morgan fingerprint density at radius 2 is 2.07 bits per heavy atom. The molecule has 0 saturated carbocycles. The van der Waals surface area contributed by atoms with Gasteiger partial charge in [-0.3, -0.25) is 4.68 Å². The highest BCUT2D eigenvalue weighted by molar-refractivity contribution is 5.85. The summed E-state index contributed by atoms with van der Waals surface area (Å²) in [5.41, 5.74) is 5.66. The van der Waals surface area contributed by atoms with E-state index < -0.39 is 0 Å². The summed E-state index contributed by atoms with van der Waals surface area (Å²) in [6.07, 6.45) is 6.73. The lowest BCUT2D eigenvalue weighted by Crippen LogP contribution is -2.04. The Balaban J connectivity index is 1.83. The molecule has 0 fully saturated rings. The van der Waals surface area contributed by atoms with Crippen molar-refractivity contribution in [1.29, 1.82) is 0 Å². The molecule has 4 heterocycles. The van der Waals surface area contributed by atoms with Crippen LogP contribution < -0.4 is 5.32 Å². The number of hydrogen-bond donors (Lipinski definition) is 2. The number of nitrogens with zero attached hydrogens (tertiary/aromatic N) is 5. The van der Waals surface area contributed by atoms with Crippen molar-refractivity contribution in [2.24, 2.45) is 0 Å². The Kier molecular flexibility index (Phi) is 4.81. The third-order valence-corrected chi connectivity index (χ3v) is 4.60. The molecule has 0 saturated heterocycles. The molecule has 4 rings (SSSR count). The van der Waals surface area contributed by atoms with Gasteiger partial charge >= 0.3 is 0 Å². The molecule has 0 aliphatic rings. The predicted molar refractivity (Wildman–Crippen MR) is 112 cm³/mol. The van der Waals surface area contributed by atoms with Gasteiger partial charge in [0.2, 0.25) is 5.95 Å². The first-order chi connectivity index (χ1) is 13.5. The number of anilines is 1. The molecule has 7 heteroatoms. The van der Waals surface area contributed by atoms with Gasteiger partial charge in [-0.2, -0.15) is 5.10 Å². The van der Waals surface area contributed by atoms with Crippen molar-refractivity contribution in [3.05, 3.63) is 42.5 Å². The average Bonchev–Trinajstić information content (AvgIpc) is 3.29. The highest BCUT2D eigenvalue weighted by atomic mass is 15.3. The van der Waals surface area contributed by atoms with Gasteiger partial charge in [-0.25, -0.2) is 15.0 Å². The number of aromatic nitrogens is 6. The fourth-order valence-corrected chi connectivity index (χ4v) is 3.17. The van der Waals surface area contributed by atoms with Gasteiger partial charge in [0.05, 0.1) is 5.69 Å². The van der Waals surface area contributed by atoms with E-state index in [2.05, 4.69) is 59.4 Å². The van der Waals surface area contributed by atoms with E-state index in [1.807, 2.05) is 23.9 Å². The summed E-state index contributed by atoms with van der Waals surface area (Å²) in [7, 11) is 0. The summed E-state index contributed by atoms with van der Waals surface area (Å²) in [6, 6.07) is 6.40. The minimum Gasteiger partial charge on any atom is -0.354 e. The molecule has 0 atom stereocenters. The van der Waals surface area contributed by atoms with E-state index in [1.54, 1.807) is 6.20 Å². The molecule has 0 unspecified atom stereocenters. The van der Waals surface area contributed by atoms with Crippen LogP contribution in [0.4, 0.5) is 5.95 Å². The van der Waals surface area contributed by atoms with Crippen molar-refractivity contribution in [2.45, 2.75) is 40.2 Å². The molecule has 144 valence electrons. The van der Waals surface area contributed by atoms with E-state index in [-0.39, 0.29) is 6.04 Å². The molecule has 2 N–H and O–H groups in total. The van der Waals surface area contributed by atoms with Crippen molar-refractivity contribution in [2.75, 3.05) is 11.9 Å². The molecule has 28 heavy (non-hydrogen) atoms. The summed E-state index contributed by atoms with van der Waals surface area (Å²) in [6.45, 7) is 9.23. The number of aryl methyl sites for hydroxylation is 1. The van der Waals surface area contributed by atoms with Crippen LogP contribution in [0.1, 0.15) is 38.9 Å². The van der Waals surface area contributed by atoms with Crippen molar-refractivity contribution in [3.63, 3.8) is 0 Å². The lowest BCUT2D eigenvalue weighted by atomic mass is 10.1. The number of pyridine rings is 1. The molecule has 0 aromatic carbocycles. The molecule has 4 aromatic rings. The first-order valence-corrected chi connectivity index (χ1v) is 9.67. The topological polar surface area (TPSA) is 84.3 Å². The number of rotatable bonds is 6. The molecule has 0 radical (unpaired) electrons. The first kappa shape index (κ1) is 18.2. The first-order valence-electron chi connectivity index (χ1n) is 9.67. The van der Waals surface area contributed by atoms with Gasteiger partial charge in [-0.05, 0) is 45.4 Å². The Morgan fingerprint density at radius 1 is 1.21 bits per heavy atom. The van der Waals surface area contributed by atoms with Crippen LogP contribution in [-0.2, 0) is 0 Å². The molecular formula is C21H25N7. The Hall–Kier alpha value is -3.22. The molecule has 0 spiro atoms. The number of fused-ring (bicyclic) bond motifs is 1. The minimum absolute atomic E-state index is 0.248. The van der Waals surface area contributed by atoms with Gasteiger partial charge in [0.1, 0.15) is 11.3 Å². The molecule has 0 bridgehead atoms. The quantitative estimate of drug-likeness (QED) is 0.515. The van der Waals surface area contributed by atoms with E-state index in [0.29, 0.717) is 5.95 Å². The van der Waals surface area contributed by atoms with Crippen LogP contribution in [0.25, 0.3) is 33.5 Å². The summed E-state index contributed by atoms with van der Waals surface area (Å²) in [5, 5.41) is 9.18. The normalized spacial score (nSPS) is 11.5. The van der Waals surface area contributed by atoms with Crippen molar-refractivity contribution in [1.82, 2.24) is 29.7 Å². The molecule has 7 nitrogen and oxygen atoms in total. The fraction of sp³-hybridized carbons (Fsp3) is 0.333. The third-order valence-electron chi connectivity index (χ3n) is 4.60. The van der Waals surface area contributed by atoms with Crippen LogP contribution in [0.15, 0.2) is 36.8 Å². The molecule has 0 aliphatic carbocycles. The van der Waals surface area contributed by atoms with Crippen molar-refractivity contribution in [3.8, 4) is 22.5 Å². The SMILES string of the molecule is CCCNc1nccc(-c2cn(C(C)C)nc2-c2cnc3[nH]c(C)cc3c2)n1. The van der Waals surface area contributed by atoms with Gasteiger partial charge in [0, 0.05) is 53.4 Å². The van der Waals surface area contributed by atoms with Crippen LogP contribution in [0.5, 0.6) is 0 Å². The zero-order chi connectivity index (χ0) is 19.7. The Morgan fingerprint density at radius 3 is 2.86 bits per heavy atom. The zero-order valence-electron chi connectivity index (χ0n) is 16.7. The standard InChI is InChI=1S/C21H25N7/c1-5-7-22-21-23-8-6-18(26-21)17-12-28(13(2)3)27-19(17)16-10-15-9-14(4)25-20(15)24-11-16/h6,8-13H,5,7H2,1-4H3,(H,24,25)(H,22,23,26). The average molecular weight is 375 g/mol. The molecule has 0 aliphatic heterocycles. The minimum atomic E-state index is 0.248. The monoisotopic (exact) mass is 375 g/mol. The van der Waals surface area contributed by atoms with Gasteiger partial charge in [0.25, 0.3) is 0 Å². The van der Waals surface area contributed by atoms with E-state index in [0.717, 1.165) is 52.2 Å². The number of hydrogen-bond acceptors (Lipinski definition) is 5. The fourth-order valence-electron chi connectivity index (χ4n) is 3.17. The Bertz CT molecular complexity index is 1110. The third kappa shape index (κ3) is 3.47. The molecule has 4 aromatic heterocycles. The van der Waals surface area contributed by atoms with E-state index >= 15 is 0 Å². The highest BCUT2D eigenvalue weighted by Crippen LogP contribution is 2.32. The second-order valence-corrected chi connectivity index (χ2v) is 7.27. The highest BCUT2D eigenvalue weighted by Gasteiger charge is 2.17. The van der Waals surface area contributed by atoms with E-state index in [9.17, 15) is 0 Å². The van der Waals surface area contributed by atoms with Crippen molar-refractivity contribution < 1.29 is 0 Å². The van der Waals surface area contributed by atoms with Crippen LogP contribution in [0.2, 0.25) is 0 Å². The predicted octanol–water partition coefficient (Wildman–Crippen LogP) is 4.59. The number of aromatic amines is 1. The largest absolute Gasteiger partial charge is 0.354 e. The van der Waals surface area contributed by atoms with Gasteiger partial charge in [0.15, 0.2) is 0 Å². The summed E-state index contributed by atoms with van der Waals surface area (Å²) in [4.78, 5) is 16.9. The maximum Gasteiger partial charge on any atom is 0.223 e. The molecule has 0 amide bonds. The lowest BCUT2D eigenvalue weighted by molar-refractivity contribution is 0.534. The second kappa shape index (κ2) is 7.42. The van der Waals surface area contributed by atoms with Crippen LogP contribution in [0.3, 0.4) is 0 Å². The van der Waals surface area contributed by atoms with Gasteiger partial charge in [-0.15, -0.1) is 0 Å². The summed E-state index contributed by atoms with van der Waals surface area (Å²) < 4.78 is 1.97. The number of nitrogens with one attached hydrogen (secondary N) is 2. The summed E-state index contributed by atoms with van der Waals surface area (Å²) in [5.74, 6) is 0.637. The van der Waals surface area contributed by atoms with Crippen molar-refractivity contribution >= 4 is 17.0 Å². The van der Waals surface area contributed by atoms with Gasteiger partial charge in [-0.1, -0.05) is 6.92 Å². The zero-order valence-corrected chi connectivity index (χ0v) is 16.7. The van der Waals surface area contributed by atoms with Crippen LogP contribution in [0, 0.1) is 6.92 Å². The van der Waals surface area contributed by atoms with Gasteiger partial charge < -0.3 is 10.3 Å². The Labute approximate surface area is 164 Å². The summed E-state index contributed by atoms with van der Waals surface area (Å²) >= 11 is 0. The maximum atomic E-state index is 4.85. The second-order valence-electron chi connectivity index (χ2n) is 7.27. The lowest BCUT2D eigenvalue weighted by Gasteiger charge is -2.06. The smallest absolute Gasteiger partial charge is 0.223 e. The number of H-pyrrole nitrogens is 1. The maximum absolute atomic E-state index is 4.85. The van der Waals surface area contributed by atoms with Crippen LogP contribution >= 0.6 is 0 Å². The molecular weight excluding hydrogens is 350 g/mol. The van der Waals surface area contributed by atoms with E-state index in [4.69, 9.17) is 10.1 Å².